The molecular weight excluding hydrogens is 344 g/mol. The van der Waals surface area contributed by atoms with E-state index >= 15 is 0 Å². The Bertz CT molecular complexity index is 860. The van der Waals surface area contributed by atoms with Crippen LogP contribution in [0, 0.1) is 23.7 Å². The van der Waals surface area contributed by atoms with E-state index < -0.39 is 0 Å². The highest BCUT2D eigenvalue weighted by molar-refractivity contribution is 9.10. The van der Waals surface area contributed by atoms with Gasteiger partial charge in [0.15, 0.2) is 0 Å². The zero-order valence-electron chi connectivity index (χ0n) is 12.7. The maximum absolute atomic E-state index is 3.61. The lowest BCUT2D eigenvalue weighted by atomic mass is 9.72. The summed E-state index contributed by atoms with van der Waals surface area (Å²) in [5, 5.41) is 0. The Morgan fingerprint density at radius 3 is 2.26 bits per heavy atom. The molecule has 0 amide bonds. The molecule has 112 valence electrons. The van der Waals surface area contributed by atoms with Crippen LogP contribution >= 0.6 is 15.9 Å². The van der Waals surface area contributed by atoms with E-state index in [4.69, 9.17) is 0 Å². The predicted octanol–water partition coefficient (Wildman–Crippen LogP) is 5.87. The van der Waals surface area contributed by atoms with Crippen LogP contribution in [0.5, 0.6) is 0 Å². The van der Waals surface area contributed by atoms with Crippen molar-refractivity contribution in [2.24, 2.45) is 23.7 Å². The van der Waals surface area contributed by atoms with Gasteiger partial charge in [-0.25, -0.2) is 0 Å². The summed E-state index contributed by atoms with van der Waals surface area (Å²) >= 11 is 3.61. The van der Waals surface area contributed by atoms with Gasteiger partial charge in [0, 0.05) is 28.1 Å². The maximum atomic E-state index is 3.61. The lowest BCUT2D eigenvalue weighted by Gasteiger charge is -2.32. The molecule has 1 saturated carbocycles. The van der Waals surface area contributed by atoms with Crippen LogP contribution in [-0.2, 0) is 0 Å². The minimum atomic E-state index is 0.469. The maximum Gasteiger partial charge on any atom is 0.0181 e. The minimum Gasteiger partial charge on any atom is -0.0764 e. The van der Waals surface area contributed by atoms with Crippen molar-refractivity contribution in [1.82, 2.24) is 0 Å². The molecule has 0 aromatic heterocycles. The van der Waals surface area contributed by atoms with Gasteiger partial charge in [0.1, 0.15) is 0 Å². The second-order valence-corrected chi connectivity index (χ2v) is 7.59. The van der Waals surface area contributed by atoms with Crippen molar-refractivity contribution >= 4 is 21.5 Å². The highest BCUT2D eigenvalue weighted by atomic mass is 79.9. The highest BCUT2D eigenvalue weighted by Crippen LogP contribution is 2.56. The molecule has 0 bridgehead atoms. The molecule has 1 aromatic rings. The topological polar surface area (TPSA) is 0 Å². The molecule has 4 aliphatic carbocycles. The molecule has 0 heterocycles. The Kier molecular flexibility index (Phi) is 2.99. The summed E-state index contributed by atoms with van der Waals surface area (Å²) in [6.07, 6.45) is 20.9. The van der Waals surface area contributed by atoms with Crippen molar-refractivity contribution in [3.05, 3.63) is 100 Å². The molecule has 23 heavy (non-hydrogen) atoms. The molecule has 0 nitrogen and oxygen atoms in total. The first-order valence-corrected chi connectivity index (χ1v) is 9.03. The Hall–Kier alpha value is -1.86. The van der Waals surface area contributed by atoms with Crippen molar-refractivity contribution < 1.29 is 0 Å². The third-order valence-electron chi connectivity index (χ3n) is 5.56. The average Bonchev–Trinajstić information content (AvgIpc) is 2.92. The predicted molar refractivity (Wildman–Crippen MR) is 99.7 cm³/mol. The summed E-state index contributed by atoms with van der Waals surface area (Å²) in [7, 11) is 0. The Morgan fingerprint density at radius 2 is 1.48 bits per heavy atom. The molecule has 1 aromatic carbocycles. The number of halogens is 1. The van der Waals surface area contributed by atoms with E-state index in [0.717, 1.165) is 4.47 Å². The van der Waals surface area contributed by atoms with E-state index in [0.29, 0.717) is 23.7 Å². The quantitative estimate of drug-likeness (QED) is 0.587. The van der Waals surface area contributed by atoms with E-state index in [2.05, 4.69) is 94.9 Å². The van der Waals surface area contributed by atoms with Gasteiger partial charge in [0.05, 0.1) is 0 Å². The van der Waals surface area contributed by atoms with Crippen molar-refractivity contribution in [2.75, 3.05) is 0 Å². The molecular formula is C22H17Br. The van der Waals surface area contributed by atoms with Gasteiger partial charge in [-0.2, -0.15) is 0 Å². The summed E-state index contributed by atoms with van der Waals surface area (Å²) in [6.45, 7) is 0. The third-order valence-corrected chi connectivity index (χ3v) is 6.05. The zero-order chi connectivity index (χ0) is 15.4. The monoisotopic (exact) mass is 360 g/mol. The number of rotatable bonds is 1. The summed E-state index contributed by atoms with van der Waals surface area (Å²) in [5.41, 5.74) is 5.95. The number of benzene rings is 1. The molecule has 5 rings (SSSR count). The van der Waals surface area contributed by atoms with E-state index in [9.17, 15) is 0 Å². The fourth-order valence-corrected chi connectivity index (χ4v) is 5.03. The molecule has 1 fully saturated rings. The van der Waals surface area contributed by atoms with Crippen LogP contribution in [-0.4, -0.2) is 0 Å². The molecule has 4 aliphatic rings. The molecule has 4 atom stereocenters. The molecule has 0 spiro atoms. The van der Waals surface area contributed by atoms with Crippen molar-refractivity contribution in [3.63, 3.8) is 0 Å². The van der Waals surface area contributed by atoms with Gasteiger partial charge in [0.2, 0.25) is 0 Å². The largest absolute Gasteiger partial charge is 0.0764 e. The van der Waals surface area contributed by atoms with Gasteiger partial charge in [0.25, 0.3) is 0 Å². The van der Waals surface area contributed by atoms with Crippen LogP contribution in [0.15, 0.2) is 94.6 Å². The smallest absolute Gasteiger partial charge is 0.0181 e. The fraction of sp³-hybridized carbons (Fsp3) is 0.182. The van der Waals surface area contributed by atoms with Crippen molar-refractivity contribution in [2.45, 2.75) is 0 Å². The Labute approximate surface area is 145 Å². The number of allylic oxidation sites excluding steroid dienone is 12. The van der Waals surface area contributed by atoms with E-state index in [1.807, 2.05) is 0 Å². The van der Waals surface area contributed by atoms with E-state index in [1.165, 1.54) is 11.1 Å². The fourth-order valence-electron chi connectivity index (χ4n) is 4.63. The summed E-state index contributed by atoms with van der Waals surface area (Å²) in [6, 6.07) is 8.68. The van der Waals surface area contributed by atoms with Gasteiger partial charge in [-0.05, 0) is 23.3 Å². The number of hydrogen-bond acceptors (Lipinski definition) is 0. The molecule has 0 N–H and O–H groups in total. The molecule has 0 radical (unpaired) electrons. The first-order chi connectivity index (χ1) is 11.3. The van der Waals surface area contributed by atoms with Gasteiger partial charge in [-0.3, -0.25) is 0 Å². The molecule has 1 heteroatoms. The van der Waals surface area contributed by atoms with Crippen molar-refractivity contribution in [3.8, 4) is 0 Å². The van der Waals surface area contributed by atoms with E-state index in [1.54, 1.807) is 11.1 Å². The zero-order valence-corrected chi connectivity index (χ0v) is 14.3. The second-order valence-electron chi connectivity index (χ2n) is 6.68. The standard InChI is InChI=1S/C22H17Br/c23-15-6-3-5-14(13-15)16-11-12-21-18-8-2-1-7-17(18)20-10-4-9-19(16)22(20)21/h1-13,17-19,22H. The van der Waals surface area contributed by atoms with Crippen LogP contribution in [0.3, 0.4) is 0 Å². The number of fused-ring (bicyclic) bond motifs is 3. The summed E-state index contributed by atoms with van der Waals surface area (Å²) in [4.78, 5) is 0. The SMILES string of the molecule is Brc1cccc(C2=CC=C3C4C=CC=CC4C4=CC=CC2C43)c1. The van der Waals surface area contributed by atoms with Crippen LogP contribution < -0.4 is 0 Å². The van der Waals surface area contributed by atoms with Crippen LogP contribution in [0.4, 0.5) is 0 Å². The van der Waals surface area contributed by atoms with Crippen LogP contribution in [0.2, 0.25) is 0 Å². The molecule has 4 unspecified atom stereocenters. The second kappa shape index (κ2) is 5.07. The van der Waals surface area contributed by atoms with Gasteiger partial charge in [-0.1, -0.05) is 93.9 Å². The van der Waals surface area contributed by atoms with Crippen molar-refractivity contribution in [1.29, 1.82) is 0 Å². The average molecular weight is 361 g/mol. The molecule has 0 aliphatic heterocycles. The Balaban J connectivity index is 1.65. The summed E-state index contributed by atoms with van der Waals surface area (Å²) < 4.78 is 1.15. The summed E-state index contributed by atoms with van der Waals surface area (Å²) in [5.74, 6) is 2.12. The first kappa shape index (κ1) is 13.6. The van der Waals surface area contributed by atoms with E-state index in [-0.39, 0.29) is 0 Å². The van der Waals surface area contributed by atoms with Gasteiger partial charge >= 0.3 is 0 Å². The highest BCUT2D eigenvalue weighted by Gasteiger charge is 2.46. The normalized spacial score (nSPS) is 32.8. The van der Waals surface area contributed by atoms with Crippen LogP contribution in [0.25, 0.3) is 5.57 Å². The number of hydrogen-bond donors (Lipinski definition) is 0. The van der Waals surface area contributed by atoms with Gasteiger partial charge in [-0.15, -0.1) is 0 Å². The lowest BCUT2D eigenvalue weighted by Crippen LogP contribution is -2.20. The minimum absolute atomic E-state index is 0.469. The van der Waals surface area contributed by atoms with Gasteiger partial charge < -0.3 is 0 Å². The molecule has 0 saturated heterocycles. The van der Waals surface area contributed by atoms with Crippen LogP contribution in [0.1, 0.15) is 5.56 Å². The lowest BCUT2D eigenvalue weighted by molar-refractivity contribution is 0.623. The third kappa shape index (κ3) is 1.96. The first-order valence-electron chi connectivity index (χ1n) is 8.24. The Morgan fingerprint density at radius 1 is 0.739 bits per heavy atom.